The van der Waals surface area contributed by atoms with Gasteiger partial charge in [-0.25, -0.2) is 14.4 Å². The summed E-state index contributed by atoms with van der Waals surface area (Å²) in [7, 11) is -2.79. The summed E-state index contributed by atoms with van der Waals surface area (Å²) in [5.74, 6) is -1.98. The molecule has 254 valence electrons. The zero-order valence-corrected chi connectivity index (χ0v) is 28.7. The van der Waals surface area contributed by atoms with E-state index in [2.05, 4.69) is 19.7 Å². The number of ether oxygens (including phenoxy) is 5. The van der Waals surface area contributed by atoms with Gasteiger partial charge in [0.05, 0.1) is 18.1 Å². The first kappa shape index (κ1) is 41.6. The third kappa shape index (κ3) is 16.6. The molecule has 0 aliphatic carbocycles. The van der Waals surface area contributed by atoms with E-state index in [1.54, 1.807) is 6.92 Å². The van der Waals surface area contributed by atoms with Crippen LogP contribution in [0.3, 0.4) is 0 Å². The maximum absolute atomic E-state index is 12.2. The van der Waals surface area contributed by atoms with Crippen LogP contribution in [0, 0.1) is 5.41 Å². The predicted octanol–water partition coefficient (Wildman–Crippen LogP) is 3.94. The zero-order chi connectivity index (χ0) is 33.8. The summed E-state index contributed by atoms with van der Waals surface area (Å²) in [6.07, 6.45) is -0.832. The minimum Gasteiger partial charge on any atom is -0.461 e. The van der Waals surface area contributed by atoms with Crippen LogP contribution in [-0.2, 0) is 51.3 Å². The highest BCUT2D eigenvalue weighted by Gasteiger charge is 2.40. The minimum absolute atomic E-state index is 0.0217. The van der Waals surface area contributed by atoms with Gasteiger partial charge >= 0.3 is 26.7 Å². The number of aliphatic hydroxyl groups excluding tert-OH is 1. The van der Waals surface area contributed by atoms with Gasteiger partial charge in [0.2, 0.25) is 0 Å². The van der Waals surface area contributed by atoms with Crippen LogP contribution in [0.2, 0.25) is 6.04 Å². The number of hydrogen-bond acceptors (Lipinski definition) is 12. The fourth-order valence-corrected chi connectivity index (χ4v) is 6.29. The summed E-state index contributed by atoms with van der Waals surface area (Å²) in [6.45, 7) is 23.6. The van der Waals surface area contributed by atoms with Crippen molar-refractivity contribution in [1.29, 1.82) is 0 Å². The lowest BCUT2D eigenvalue weighted by Crippen LogP contribution is -2.46. The van der Waals surface area contributed by atoms with Gasteiger partial charge < -0.3 is 42.1 Å². The Labute approximate surface area is 264 Å². The van der Waals surface area contributed by atoms with Crippen molar-refractivity contribution in [3.8, 4) is 0 Å². The van der Waals surface area contributed by atoms with Crippen molar-refractivity contribution in [1.82, 2.24) is 0 Å². The van der Waals surface area contributed by atoms with E-state index < -0.39 is 44.3 Å². The van der Waals surface area contributed by atoms with Gasteiger partial charge in [-0.15, -0.1) is 0 Å². The number of hydrogen-bond donors (Lipinski definition) is 1. The molecule has 0 radical (unpaired) electrons. The maximum atomic E-state index is 12.2. The Morgan fingerprint density at radius 3 is 1.50 bits per heavy atom. The molecule has 0 aliphatic heterocycles. The summed E-state index contributed by atoms with van der Waals surface area (Å²) in [4.78, 5) is 36.7. The standard InChI is InChI=1S/C31H54O12Si/c1-11-41-44(42-12-2,43-13-3)18-14-16-36-19-27(26(10)32)37-17-15-31(20-38-28(33)23(4)5,21-39-29(34)24(6)7)22-40-30(35)25(8)9/h26-27,32H,4,6,8,11-22H2,1-3,5,7,9-10H3. The van der Waals surface area contributed by atoms with Crippen LogP contribution in [0.5, 0.6) is 0 Å². The molecule has 0 aliphatic rings. The number of carbonyl (C=O) groups excluding carboxylic acids is 3. The molecule has 0 saturated heterocycles. The quantitative estimate of drug-likeness (QED) is 0.0478. The first-order chi connectivity index (χ1) is 20.7. The van der Waals surface area contributed by atoms with E-state index in [1.165, 1.54) is 20.8 Å². The molecule has 0 aromatic heterocycles. The monoisotopic (exact) mass is 646 g/mol. The fraction of sp³-hybridized carbons (Fsp3) is 0.710. The fourth-order valence-electron chi connectivity index (χ4n) is 3.71. The lowest BCUT2D eigenvalue weighted by atomic mass is 9.87. The average molecular weight is 647 g/mol. The van der Waals surface area contributed by atoms with Gasteiger partial charge in [-0.2, -0.15) is 0 Å². The molecule has 0 rings (SSSR count). The van der Waals surface area contributed by atoms with Crippen molar-refractivity contribution in [2.24, 2.45) is 5.41 Å². The van der Waals surface area contributed by atoms with Crippen LogP contribution in [-0.4, -0.2) is 103 Å². The van der Waals surface area contributed by atoms with Crippen molar-refractivity contribution in [3.05, 3.63) is 36.5 Å². The van der Waals surface area contributed by atoms with E-state index in [1.807, 2.05) is 20.8 Å². The topological polar surface area (TPSA) is 145 Å². The third-order valence-electron chi connectivity index (χ3n) is 6.22. The van der Waals surface area contributed by atoms with Gasteiger partial charge in [-0.1, -0.05) is 19.7 Å². The second-order valence-corrected chi connectivity index (χ2v) is 13.4. The van der Waals surface area contributed by atoms with Crippen LogP contribution in [0.4, 0.5) is 0 Å². The van der Waals surface area contributed by atoms with Crippen LogP contribution in [0.15, 0.2) is 36.5 Å². The van der Waals surface area contributed by atoms with Gasteiger partial charge in [-0.05, 0) is 61.3 Å². The lowest BCUT2D eigenvalue weighted by Gasteiger charge is -2.33. The first-order valence-corrected chi connectivity index (χ1v) is 16.9. The number of esters is 3. The lowest BCUT2D eigenvalue weighted by molar-refractivity contribution is -0.160. The molecule has 0 saturated carbocycles. The Morgan fingerprint density at radius 1 is 0.750 bits per heavy atom. The van der Waals surface area contributed by atoms with Crippen molar-refractivity contribution in [3.63, 3.8) is 0 Å². The molecular weight excluding hydrogens is 592 g/mol. The van der Waals surface area contributed by atoms with Crippen molar-refractivity contribution >= 4 is 26.7 Å². The molecule has 0 fully saturated rings. The summed E-state index contributed by atoms with van der Waals surface area (Å²) < 4.78 is 45.6. The van der Waals surface area contributed by atoms with Crippen LogP contribution < -0.4 is 0 Å². The molecule has 0 heterocycles. The highest BCUT2D eigenvalue weighted by atomic mass is 28.4. The summed E-state index contributed by atoms with van der Waals surface area (Å²) in [5, 5.41) is 10.4. The van der Waals surface area contributed by atoms with Gasteiger partial charge in [-0.3, -0.25) is 0 Å². The van der Waals surface area contributed by atoms with E-state index in [9.17, 15) is 19.5 Å². The Balaban J connectivity index is 5.53. The van der Waals surface area contributed by atoms with Gasteiger partial charge in [0, 0.05) is 55.8 Å². The molecule has 0 bridgehead atoms. The molecular formula is C31H54O12Si. The largest absolute Gasteiger partial charge is 0.501 e. The number of carbonyl (C=O) groups is 3. The smallest absolute Gasteiger partial charge is 0.461 e. The highest BCUT2D eigenvalue weighted by Crippen LogP contribution is 2.27. The van der Waals surface area contributed by atoms with Crippen molar-refractivity contribution in [2.75, 3.05) is 59.5 Å². The van der Waals surface area contributed by atoms with Crippen molar-refractivity contribution in [2.45, 2.75) is 79.6 Å². The molecule has 0 spiro atoms. The van der Waals surface area contributed by atoms with Crippen LogP contribution in [0.1, 0.15) is 61.3 Å². The summed E-state index contributed by atoms with van der Waals surface area (Å²) in [5.41, 5.74) is -0.675. The summed E-state index contributed by atoms with van der Waals surface area (Å²) in [6, 6.07) is 0.583. The Bertz CT molecular complexity index is 842. The summed E-state index contributed by atoms with van der Waals surface area (Å²) >= 11 is 0. The molecule has 0 aromatic carbocycles. The second-order valence-electron chi connectivity index (χ2n) is 10.6. The molecule has 1 N–H and O–H groups in total. The molecule has 0 amide bonds. The highest BCUT2D eigenvalue weighted by molar-refractivity contribution is 6.60. The second kappa shape index (κ2) is 22.2. The van der Waals surface area contributed by atoms with Gasteiger partial charge in [0.1, 0.15) is 25.9 Å². The molecule has 12 nitrogen and oxygen atoms in total. The first-order valence-electron chi connectivity index (χ1n) is 14.9. The van der Waals surface area contributed by atoms with E-state index in [-0.39, 0.29) is 56.2 Å². The Kier molecular flexibility index (Phi) is 21.0. The van der Waals surface area contributed by atoms with Crippen LogP contribution in [0.25, 0.3) is 0 Å². The van der Waals surface area contributed by atoms with Crippen LogP contribution >= 0.6 is 0 Å². The minimum atomic E-state index is -2.79. The predicted molar refractivity (Wildman–Crippen MR) is 167 cm³/mol. The Morgan fingerprint density at radius 2 is 1.16 bits per heavy atom. The van der Waals surface area contributed by atoms with E-state index in [0.29, 0.717) is 38.9 Å². The Hall–Kier alpha value is -2.39. The third-order valence-corrected chi connectivity index (χ3v) is 9.37. The maximum Gasteiger partial charge on any atom is 0.501 e. The molecule has 44 heavy (non-hydrogen) atoms. The van der Waals surface area contributed by atoms with E-state index >= 15 is 0 Å². The number of aliphatic hydroxyl groups is 1. The normalized spacial score (nSPS) is 13.1. The van der Waals surface area contributed by atoms with E-state index in [4.69, 9.17) is 37.0 Å². The molecule has 13 heteroatoms. The van der Waals surface area contributed by atoms with Gasteiger partial charge in [0.25, 0.3) is 0 Å². The molecule has 2 atom stereocenters. The molecule has 2 unspecified atom stereocenters. The zero-order valence-electron chi connectivity index (χ0n) is 27.7. The SMILES string of the molecule is C=C(C)C(=O)OCC(CCOC(COCCC[Si](OCC)(OCC)OCC)C(C)O)(COC(=O)C(=C)C)COC(=O)C(=C)C. The number of rotatable bonds is 26. The van der Waals surface area contributed by atoms with Crippen molar-refractivity contribution < 1.29 is 56.5 Å². The van der Waals surface area contributed by atoms with Gasteiger partial charge in [0.15, 0.2) is 0 Å². The average Bonchev–Trinajstić information content (AvgIpc) is 2.95. The molecule has 0 aromatic rings. The van der Waals surface area contributed by atoms with E-state index in [0.717, 1.165) is 0 Å².